The SMILES string of the molecule is CCCCCCCCCCCCOc1ccc(C2=C(c3ccccn3)C(c3ccc(OCCCCCCCCCCCC)cc3)(c3ccccn3)CC2)cc1. The zero-order chi connectivity index (χ0) is 38.2. The summed E-state index contributed by atoms with van der Waals surface area (Å²) in [6, 6.07) is 30.2. The largest absolute Gasteiger partial charge is 0.494 e. The van der Waals surface area contributed by atoms with Gasteiger partial charge in [0.1, 0.15) is 11.5 Å². The Morgan fingerprint density at radius 2 is 0.964 bits per heavy atom. The van der Waals surface area contributed by atoms with E-state index in [-0.39, 0.29) is 0 Å². The third-order valence-corrected chi connectivity index (χ3v) is 11.6. The molecule has 0 fully saturated rings. The Morgan fingerprint density at radius 3 is 1.44 bits per heavy atom. The fourth-order valence-electron chi connectivity index (χ4n) is 8.45. The molecule has 1 unspecified atom stereocenters. The molecule has 0 bridgehead atoms. The Kier molecular flexibility index (Phi) is 18.9. The van der Waals surface area contributed by atoms with Gasteiger partial charge in [0.05, 0.1) is 30.0 Å². The number of nitrogens with zero attached hydrogens (tertiary/aromatic N) is 2. The van der Waals surface area contributed by atoms with E-state index < -0.39 is 5.41 Å². The van der Waals surface area contributed by atoms with Crippen molar-refractivity contribution in [2.75, 3.05) is 13.2 Å². The van der Waals surface area contributed by atoms with Crippen molar-refractivity contribution in [2.24, 2.45) is 0 Å². The molecule has 0 spiro atoms. The van der Waals surface area contributed by atoms with E-state index in [0.717, 1.165) is 61.8 Å². The zero-order valence-corrected chi connectivity index (χ0v) is 34.4. The van der Waals surface area contributed by atoms with Gasteiger partial charge in [0, 0.05) is 12.4 Å². The van der Waals surface area contributed by atoms with Crippen LogP contribution in [-0.4, -0.2) is 23.2 Å². The van der Waals surface area contributed by atoms with Gasteiger partial charge in [0.15, 0.2) is 0 Å². The molecule has 1 aliphatic rings. The fraction of sp³-hybridized carbons (Fsp3) is 0.529. The van der Waals surface area contributed by atoms with Crippen molar-refractivity contribution in [1.29, 1.82) is 0 Å². The highest BCUT2D eigenvalue weighted by molar-refractivity contribution is 5.99. The first kappa shape index (κ1) is 42.2. The molecule has 0 radical (unpaired) electrons. The van der Waals surface area contributed by atoms with E-state index in [1.807, 2.05) is 24.5 Å². The van der Waals surface area contributed by atoms with Gasteiger partial charge in [0.2, 0.25) is 0 Å². The summed E-state index contributed by atoms with van der Waals surface area (Å²) in [7, 11) is 0. The molecule has 0 N–H and O–H groups in total. The summed E-state index contributed by atoms with van der Waals surface area (Å²) in [6.45, 7) is 6.11. The Hall–Kier alpha value is -3.92. The van der Waals surface area contributed by atoms with E-state index in [9.17, 15) is 0 Å². The summed E-state index contributed by atoms with van der Waals surface area (Å²) in [5, 5.41) is 0. The number of ether oxygens (including phenoxy) is 2. The van der Waals surface area contributed by atoms with E-state index >= 15 is 0 Å². The number of rotatable bonds is 28. The molecule has 4 aromatic rings. The molecule has 0 saturated heterocycles. The predicted molar refractivity (Wildman–Crippen MR) is 233 cm³/mol. The molecule has 0 saturated carbocycles. The lowest BCUT2D eigenvalue weighted by molar-refractivity contribution is 0.304. The van der Waals surface area contributed by atoms with Crippen LogP contribution < -0.4 is 9.47 Å². The van der Waals surface area contributed by atoms with Crippen molar-refractivity contribution in [1.82, 2.24) is 9.97 Å². The first-order valence-electron chi connectivity index (χ1n) is 22.3. The molecule has 2 aromatic carbocycles. The van der Waals surface area contributed by atoms with Crippen LogP contribution in [-0.2, 0) is 5.41 Å². The average molecular weight is 743 g/mol. The van der Waals surface area contributed by atoms with Gasteiger partial charge in [-0.3, -0.25) is 9.97 Å². The summed E-state index contributed by atoms with van der Waals surface area (Å²) >= 11 is 0. The van der Waals surface area contributed by atoms with Gasteiger partial charge < -0.3 is 9.47 Å². The number of hydrogen-bond donors (Lipinski definition) is 0. The predicted octanol–water partition coefficient (Wildman–Crippen LogP) is 14.8. The molecule has 2 heterocycles. The zero-order valence-electron chi connectivity index (χ0n) is 34.4. The van der Waals surface area contributed by atoms with Crippen molar-refractivity contribution in [3.63, 3.8) is 0 Å². The topological polar surface area (TPSA) is 44.2 Å². The van der Waals surface area contributed by atoms with E-state index in [4.69, 9.17) is 19.4 Å². The Labute approximate surface area is 334 Å². The van der Waals surface area contributed by atoms with Crippen molar-refractivity contribution < 1.29 is 9.47 Å². The van der Waals surface area contributed by atoms with Crippen LogP contribution in [0.1, 0.15) is 178 Å². The molecule has 4 heteroatoms. The van der Waals surface area contributed by atoms with Crippen LogP contribution in [0.15, 0.2) is 97.3 Å². The van der Waals surface area contributed by atoms with Gasteiger partial charge in [-0.25, -0.2) is 0 Å². The lowest BCUT2D eigenvalue weighted by atomic mass is 9.70. The fourth-order valence-corrected chi connectivity index (χ4v) is 8.45. The van der Waals surface area contributed by atoms with Crippen LogP contribution in [0.25, 0.3) is 11.1 Å². The van der Waals surface area contributed by atoms with Crippen LogP contribution >= 0.6 is 0 Å². The van der Waals surface area contributed by atoms with E-state index in [0.29, 0.717) is 0 Å². The number of allylic oxidation sites excluding steroid dienone is 2. The molecule has 0 aliphatic heterocycles. The molecular formula is C51H70N2O2. The maximum absolute atomic E-state index is 6.27. The van der Waals surface area contributed by atoms with Gasteiger partial charge in [-0.2, -0.15) is 0 Å². The molecular weight excluding hydrogens is 673 g/mol. The lowest BCUT2D eigenvalue weighted by Gasteiger charge is -2.33. The molecule has 55 heavy (non-hydrogen) atoms. The van der Waals surface area contributed by atoms with Gasteiger partial charge in [-0.05, 0) is 96.5 Å². The van der Waals surface area contributed by atoms with Gasteiger partial charge >= 0.3 is 0 Å². The van der Waals surface area contributed by atoms with E-state index in [1.54, 1.807) is 0 Å². The first-order chi connectivity index (χ1) is 27.3. The summed E-state index contributed by atoms with van der Waals surface area (Å²) in [4.78, 5) is 10.00. The van der Waals surface area contributed by atoms with Crippen LogP contribution in [0.4, 0.5) is 0 Å². The maximum atomic E-state index is 6.27. The quantitative estimate of drug-likeness (QED) is 0.0544. The number of hydrogen-bond acceptors (Lipinski definition) is 4. The second-order valence-corrected chi connectivity index (χ2v) is 15.8. The highest BCUT2D eigenvalue weighted by Gasteiger charge is 2.46. The summed E-state index contributed by atoms with van der Waals surface area (Å²) < 4.78 is 12.5. The summed E-state index contributed by atoms with van der Waals surface area (Å²) in [6.07, 6.45) is 32.3. The highest BCUT2D eigenvalue weighted by atomic mass is 16.5. The molecule has 1 atom stereocenters. The standard InChI is InChI=1S/C51H70N2O2/c1-3-5-7-9-11-13-15-17-19-25-41-54-45-33-29-43(30-34-45)47-37-38-51(49-28-22-24-40-53-49,50(47)48-27-21-23-39-52-48)44-31-35-46(36-32-44)55-42-26-20-18-16-14-12-10-8-6-4-2/h21-24,27-36,39-40H,3-20,25-26,37-38,41-42H2,1-2H3. The molecule has 5 rings (SSSR count). The number of aromatic nitrogens is 2. The van der Waals surface area contributed by atoms with E-state index in [1.165, 1.54) is 138 Å². The van der Waals surface area contributed by atoms with Crippen LogP contribution in [0.3, 0.4) is 0 Å². The van der Waals surface area contributed by atoms with Crippen molar-refractivity contribution in [3.8, 4) is 11.5 Å². The molecule has 0 amide bonds. The smallest absolute Gasteiger partial charge is 0.119 e. The lowest BCUT2D eigenvalue weighted by Crippen LogP contribution is -2.28. The third-order valence-electron chi connectivity index (χ3n) is 11.6. The minimum Gasteiger partial charge on any atom is -0.494 e. The molecule has 1 aliphatic carbocycles. The first-order valence-corrected chi connectivity index (χ1v) is 22.3. The third kappa shape index (κ3) is 13.1. The Morgan fingerprint density at radius 1 is 0.491 bits per heavy atom. The van der Waals surface area contributed by atoms with Gasteiger partial charge in [0.25, 0.3) is 0 Å². The summed E-state index contributed by atoms with van der Waals surface area (Å²) in [5.74, 6) is 1.88. The summed E-state index contributed by atoms with van der Waals surface area (Å²) in [5.41, 5.74) is 6.64. The number of benzene rings is 2. The highest BCUT2D eigenvalue weighted by Crippen LogP contribution is 2.56. The van der Waals surface area contributed by atoms with Gasteiger partial charge in [-0.1, -0.05) is 166 Å². The normalized spacial score (nSPS) is 15.5. The van der Waals surface area contributed by atoms with Crippen LogP contribution in [0, 0.1) is 0 Å². The van der Waals surface area contributed by atoms with Crippen molar-refractivity contribution in [2.45, 2.75) is 161 Å². The van der Waals surface area contributed by atoms with Crippen LogP contribution in [0.2, 0.25) is 0 Å². The van der Waals surface area contributed by atoms with Crippen molar-refractivity contribution in [3.05, 3.63) is 120 Å². The minimum absolute atomic E-state index is 0.440. The van der Waals surface area contributed by atoms with E-state index in [2.05, 4.69) is 86.6 Å². The Bertz CT molecular complexity index is 1620. The average Bonchev–Trinajstić information content (AvgIpc) is 3.64. The molecule has 296 valence electrons. The monoisotopic (exact) mass is 743 g/mol. The maximum Gasteiger partial charge on any atom is 0.119 e. The number of unbranched alkanes of at least 4 members (excludes halogenated alkanes) is 18. The molecule has 2 aromatic heterocycles. The second kappa shape index (κ2) is 24.6. The second-order valence-electron chi connectivity index (χ2n) is 15.8. The minimum atomic E-state index is -0.440. The Balaban J connectivity index is 1.23. The molecule has 4 nitrogen and oxygen atoms in total. The van der Waals surface area contributed by atoms with Gasteiger partial charge in [-0.15, -0.1) is 0 Å². The number of pyridine rings is 2. The van der Waals surface area contributed by atoms with Crippen LogP contribution in [0.5, 0.6) is 11.5 Å². The van der Waals surface area contributed by atoms with Crippen molar-refractivity contribution >= 4 is 11.1 Å².